The standard InChI is InChI=1S/C40H59F/c1-3-5-7-9-30-11-15-32(16-12-30)33-19-21-34(22-20-33)35-23-25-36(26-24-35)38-27-28-39(40(41)29-38)37-17-13-31(14-18-37)10-8-6-4-2/h23-34,37H,3-22H2,1-2H3. The Kier molecular flexibility index (Phi) is 11.8. The number of unbranched alkanes of at least 4 members (excludes halogenated alkanes) is 4. The van der Waals surface area contributed by atoms with E-state index in [1.54, 1.807) is 6.07 Å². The highest BCUT2D eigenvalue weighted by Gasteiger charge is 2.31. The molecule has 0 aliphatic heterocycles. The SMILES string of the molecule is CCCCCC1CCC(c2ccc(-c3ccc(C4CCC(C5CCC(CCCCC)CC5)CC4)cc3)cc2F)CC1. The molecule has 0 heterocycles. The summed E-state index contributed by atoms with van der Waals surface area (Å²) in [4.78, 5) is 0. The molecule has 0 amide bonds. The van der Waals surface area contributed by atoms with Gasteiger partial charge in [-0.05, 0) is 128 Å². The van der Waals surface area contributed by atoms with Crippen LogP contribution in [0.25, 0.3) is 11.1 Å². The second-order valence-electron chi connectivity index (χ2n) is 14.5. The summed E-state index contributed by atoms with van der Waals surface area (Å²) < 4.78 is 15.3. The first kappa shape index (κ1) is 30.8. The first-order valence-corrected chi connectivity index (χ1v) is 18.0. The molecule has 0 radical (unpaired) electrons. The van der Waals surface area contributed by atoms with Crippen LogP contribution in [0.15, 0.2) is 42.5 Å². The third-order valence-electron chi connectivity index (χ3n) is 11.8. The normalized spacial score (nSPS) is 29.0. The van der Waals surface area contributed by atoms with Crippen molar-refractivity contribution in [3.05, 3.63) is 59.4 Å². The minimum Gasteiger partial charge on any atom is -0.207 e. The van der Waals surface area contributed by atoms with Gasteiger partial charge in [-0.3, -0.25) is 0 Å². The minimum atomic E-state index is 0.00863. The molecule has 41 heavy (non-hydrogen) atoms. The number of rotatable bonds is 12. The van der Waals surface area contributed by atoms with Gasteiger partial charge >= 0.3 is 0 Å². The molecule has 0 atom stereocenters. The van der Waals surface area contributed by atoms with Crippen molar-refractivity contribution in [1.29, 1.82) is 0 Å². The van der Waals surface area contributed by atoms with E-state index in [-0.39, 0.29) is 5.82 Å². The molecule has 0 nitrogen and oxygen atoms in total. The third kappa shape index (κ3) is 8.48. The van der Waals surface area contributed by atoms with E-state index in [4.69, 9.17) is 0 Å². The Bertz CT molecular complexity index is 1010. The van der Waals surface area contributed by atoms with Crippen molar-refractivity contribution in [3.8, 4) is 11.1 Å². The number of halogens is 1. The van der Waals surface area contributed by atoms with Gasteiger partial charge in [-0.1, -0.05) is 114 Å². The van der Waals surface area contributed by atoms with Crippen molar-refractivity contribution in [3.63, 3.8) is 0 Å². The fourth-order valence-electron chi connectivity index (χ4n) is 8.99. The van der Waals surface area contributed by atoms with Crippen molar-refractivity contribution in [2.24, 2.45) is 23.7 Å². The summed E-state index contributed by atoms with van der Waals surface area (Å²) in [5, 5.41) is 0. The smallest absolute Gasteiger partial charge is 0.127 e. The summed E-state index contributed by atoms with van der Waals surface area (Å²) in [7, 11) is 0. The van der Waals surface area contributed by atoms with Crippen molar-refractivity contribution in [2.45, 2.75) is 154 Å². The quantitative estimate of drug-likeness (QED) is 0.227. The molecule has 5 rings (SSSR count). The van der Waals surface area contributed by atoms with Crippen molar-refractivity contribution < 1.29 is 4.39 Å². The van der Waals surface area contributed by atoms with E-state index in [0.717, 1.165) is 53.2 Å². The Morgan fingerprint density at radius 3 is 1.56 bits per heavy atom. The Morgan fingerprint density at radius 1 is 0.537 bits per heavy atom. The molecule has 0 aromatic heterocycles. The first-order valence-electron chi connectivity index (χ1n) is 18.0. The molecule has 0 spiro atoms. The maximum atomic E-state index is 15.3. The second kappa shape index (κ2) is 15.7. The molecule has 0 unspecified atom stereocenters. The molecule has 0 N–H and O–H groups in total. The number of hydrogen-bond acceptors (Lipinski definition) is 0. The van der Waals surface area contributed by atoms with Crippen molar-refractivity contribution >= 4 is 0 Å². The van der Waals surface area contributed by atoms with E-state index in [1.165, 1.54) is 121 Å². The van der Waals surface area contributed by atoms with E-state index >= 15 is 4.39 Å². The van der Waals surface area contributed by atoms with Gasteiger partial charge in [-0.2, -0.15) is 0 Å². The fourth-order valence-corrected chi connectivity index (χ4v) is 8.99. The lowest BCUT2D eigenvalue weighted by atomic mass is 9.68. The number of hydrogen-bond donors (Lipinski definition) is 0. The molecule has 3 aliphatic rings. The molecule has 2 aromatic carbocycles. The molecule has 0 bridgehead atoms. The molecular formula is C40H59F. The Hall–Kier alpha value is -1.63. The van der Waals surface area contributed by atoms with E-state index in [1.807, 2.05) is 0 Å². The molecule has 226 valence electrons. The molecule has 3 aliphatic carbocycles. The molecule has 3 saturated carbocycles. The summed E-state index contributed by atoms with van der Waals surface area (Å²) in [6.45, 7) is 4.60. The van der Waals surface area contributed by atoms with Crippen LogP contribution in [-0.2, 0) is 0 Å². The summed E-state index contributed by atoms with van der Waals surface area (Å²) >= 11 is 0. The zero-order valence-electron chi connectivity index (χ0n) is 26.5. The largest absolute Gasteiger partial charge is 0.207 e. The van der Waals surface area contributed by atoms with Gasteiger partial charge < -0.3 is 0 Å². The zero-order valence-corrected chi connectivity index (χ0v) is 26.5. The molecule has 2 aromatic rings. The van der Waals surface area contributed by atoms with Gasteiger partial charge in [0.2, 0.25) is 0 Å². The van der Waals surface area contributed by atoms with Crippen LogP contribution in [0.5, 0.6) is 0 Å². The van der Waals surface area contributed by atoms with Gasteiger partial charge in [0, 0.05) is 0 Å². The fraction of sp³-hybridized carbons (Fsp3) is 0.700. The van der Waals surface area contributed by atoms with Gasteiger partial charge in [-0.25, -0.2) is 4.39 Å². The molecular weight excluding hydrogens is 499 g/mol. The molecule has 3 fully saturated rings. The van der Waals surface area contributed by atoms with E-state index in [0.29, 0.717) is 11.8 Å². The van der Waals surface area contributed by atoms with Crippen LogP contribution < -0.4 is 0 Å². The Labute approximate surface area is 252 Å². The lowest BCUT2D eigenvalue weighted by Crippen LogP contribution is -2.25. The highest BCUT2D eigenvalue weighted by molar-refractivity contribution is 5.64. The van der Waals surface area contributed by atoms with Crippen LogP contribution in [0.1, 0.15) is 165 Å². The topological polar surface area (TPSA) is 0 Å². The monoisotopic (exact) mass is 558 g/mol. The van der Waals surface area contributed by atoms with Crippen LogP contribution in [0.3, 0.4) is 0 Å². The number of benzene rings is 2. The zero-order chi connectivity index (χ0) is 28.4. The maximum Gasteiger partial charge on any atom is 0.127 e. The van der Waals surface area contributed by atoms with Crippen LogP contribution in [0, 0.1) is 29.5 Å². The summed E-state index contributed by atoms with van der Waals surface area (Å²) in [6.07, 6.45) is 27.5. The summed E-state index contributed by atoms with van der Waals surface area (Å²) in [6, 6.07) is 15.3. The average molecular weight is 559 g/mol. The van der Waals surface area contributed by atoms with Crippen LogP contribution in [-0.4, -0.2) is 0 Å². The predicted octanol–water partition coefficient (Wildman–Crippen LogP) is 13.0. The van der Waals surface area contributed by atoms with Gasteiger partial charge in [0.1, 0.15) is 5.82 Å². The van der Waals surface area contributed by atoms with Crippen LogP contribution in [0.4, 0.5) is 4.39 Å². The highest BCUT2D eigenvalue weighted by Crippen LogP contribution is 2.45. The van der Waals surface area contributed by atoms with Crippen LogP contribution >= 0.6 is 0 Å². The highest BCUT2D eigenvalue weighted by atomic mass is 19.1. The first-order chi connectivity index (χ1) is 20.1. The molecule has 1 heteroatoms. The minimum absolute atomic E-state index is 0.00863. The van der Waals surface area contributed by atoms with Gasteiger partial charge in [0.15, 0.2) is 0 Å². The maximum absolute atomic E-state index is 15.3. The lowest BCUT2D eigenvalue weighted by molar-refractivity contribution is 0.155. The summed E-state index contributed by atoms with van der Waals surface area (Å²) in [5.74, 6) is 4.99. The third-order valence-corrected chi connectivity index (χ3v) is 11.8. The van der Waals surface area contributed by atoms with Gasteiger partial charge in [0.05, 0.1) is 0 Å². The van der Waals surface area contributed by atoms with Crippen molar-refractivity contribution in [2.75, 3.05) is 0 Å². The lowest BCUT2D eigenvalue weighted by Gasteiger charge is -2.38. The van der Waals surface area contributed by atoms with Gasteiger partial charge in [-0.15, -0.1) is 0 Å². The van der Waals surface area contributed by atoms with Crippen molar-refractivity contribution in [1.82, 2.24) is 0 Å². The van der Waals surface area contributed by atoms with E-state index in [2.05, 4.69) is 50.2 Å². The van der Waals surface area contributed by atoms with Gasteiger partial charge in [0.25, 0.3) is 0 Å². The average Bonchev–Trinajstić information content (AvgIpc) is 3.02. The predicted molar refractivity (Wildman–Crippen MR) is 175 cm³/mol. The summed E-state index contributed by atoms with van der Waals surface area (Å²) in [5.41, 5.74) is 4.64. The van der Waals surface area contributed by atoms with E-state index in [9.17, 15) is 0 Å². The Morgan fingerprint density at radius 2 is 1.02 bits per heavy atom. The van der Waals surface area contributed by atoms with Crippen LogP contribution in [0.2, 0.25) is 0 Å². The Balaban J connectivity index is 1.08. The second-order valence-corrected chi connectivity index (χ2v) is 14.5. The van der Waals surface area contributed by atoms with E-state index < -0.39 is 0 Å². The molecule has 0 saturated heterocycles.